The number of anilines is 3. The van der Waals surface area contributed by atoms with Crippen molar-refractivity contribution in [2.75, 3.05) is 23.4 Å². The van der Waals surface area contributed by atoms with Crippen LogP contribution in [0.3, 0.4) is 0 Å². The zero-order chi connectivity index (χ0) is 19.7. The summed E-state index contributed by atoms with van der Waals surface area (Å²) in [6.07, 6.45) is 2.70. The maximum absolute atomic E-state index is 14.4. The molecule has 1 aliphatic rings. The maximum atomic E-state index is 14.4. The molecule has 0 bridgehead atoms. The Hall–Kier alpha value is -3.28. The largest absolute Gasteiger partial charge is 0.329 e. The smallest absolute Gasteiger partial charge is 0.259 e. The SMILES string of the molecule is CN(c1ccccc1)c1ccc(C(=O)N2CCCc3cc(F)cc(F)c32)cn1. The Balaban J connectivity index is 1.60. The average Bonchev–Trinajstić information content (AvgIpc) is 2.73. The number of carbonyl (C=O) groups excluding carboxylic acids is 1. The molecule has 3 aromatic rings. The number of amides is 1. The van der Waals surface area contributed by atoms with Gasteiger partial charge in [0, 0.05) is 31.5 Å². The maximum Gasteiger partial charge on any atom is 0.259 e. The van der Waals surface area contributed by atoms with Gasteiger partial charge in [0.05, 0.1) is 11.3 Å². The van der Waals surface area contributed by atoms with Crippen molar-refractivity contribution in [1.82, 2.24) is 4.98 Å². The molecule has 1 aromatic heterocycles. The monoisotopic (exact) mass is 379 g/mol. The Labute approximate surface area is 162 Å². The van der Waals surface area contributed by atoms with Crippen LogP contribution < -0.4 is 9.80 Å². The number of para-hydroxylation sites is 1. The third kappa shape index (κ3) is 3.33. The summed E-state index contributed by atoms with van der Waals surface area (Å²) in [5, 5.41) is 0. The molecule has 0 saturated carbocycles. The first-order chi connectivity index (χ1) is 13.5. The van der Waals surface area contributed by atoms with E-state index in [-0.39, 0.29) is 11.6 Å². The Kier molecular flexibility index (Phi) is 4.77. The molecule has 142 valence electrons. The molecule has 4 rings (SSSR count). The Bertz CT molecular complexity index is 1010. The summed E-state index contributed by atoms with van der Waals surface area (Å²) in [5.74, 6) is -0.986. The fourth-order valence-corrected chi connectivity index (χ4v) is 3.51. The highest BCUT2D eigenvalue weighted by Crippen LogP contribution is 2.32. The number of hydrogen-bond donors (Lipinski definition) is 0. The highest BCUT2D eigenvalue weighted by atomic mass is 19.1. The summed E-state index contributed by atoms with van der Waals surface area (Å²) >= 11 is 0. The molecule has 0 atom stereocenters. The van der Waals surface area contributed by atoms with Gasteiger partial charge in [-0.25, -0.2) is 13.8 Å². The summed E-state index contributed by atoms with van der Waals surface area (Å²) in [4.78, 5) is 20.6. The van der Waals surface area contributed by atoms with Crippen LogP contribution >= 0.6 is 0 Å². The lowest BCUT2D eigenvalue weighted by Crippen LogP contribution is -2.36. The summed E-state index contributed by atoms with van der Waals surface area (Å²) < 4.78 is 27.9. The minimum absolute atomic E-state index is 0.170. The van der Waals surface area contributed by atoms with E-state index in [1.165, 1.54) is 17.2 Å². The fourth-order valence-electron chi connectivity index (χ4n) is 3.51. The van der Waals surface area contributed by atoms with Crippen LogP contribution in [0.25, 0.3) is 0 Å². The second-order valence-electron chi connectivity index (χ2n) is 6.76. The summed E-state index contributed by atoms with van der Waals surface area (Å²) in [5.41, 5.74) is 2.03. The van der Waals surface area contributed by atoms with Crippen LogP contribution in [0.5, 0.6) is 0 Å². The van der Waals surface area contributed by atoms with Gasteiger partial charge in [0.15, 0.2) is 0 Å². The molecule has 1 aliphatic heterocycles. The molecule has 2 aromatic carbocycles. The number of carbonyl (C=O) groups is 1. The van der Waals surface area contributed by atoms with E-state index in [4.69, 9.17) is 0 Å². The first-order valence-corrected chi connectivity index (χ1v) is 9.09. The van der Waals surface area contributed by atoms with Gasteiger partial charge in [0.2, 0.25) is 0 Å². The molecular weight excluding hydrogens is 360 g/mol. The van der Waals surface area contributed by atoms with E-state index in [0.29, 0.717) is 36.3 Å². The first kappa shape index (κ1) is 18.1. The molecule has 0 unspecified atom stereocenters. The van der Waals surface area contributed by atoms with Crippen LogP contribution in [0.1, 0.15) is 22.3 Å². The molecule has 0 fully saturated rings. The van der Waals surface area contributed by atoms with Gasteiger partial charge in [0.25, 0.3) is 5.91 Å². The Morgan fingerprint density at radius 2 is 1.89 bits per heavy atom. The Morgan fingerprint density at radius 1 is 1.11 bits per heavy atom. The van der Waals surface area contributed by atoms with Crippen LogP contribution in [0.2, 0.25) is 0 Å². The molecule has 0 saturated heterocycles. The van der Waals surface area contributed by atoms with Crippen molar-refractivity contribution in [3.8, 4) is 0 Å². The van der Waals surface area contributed by atoms with E-state index in [9.17, 15) is 13.6 Å². The third-order valence-electron chi connectivity index (χ3n) is 4.93. The molecule has 6 heteroatoms. The summed E-state index contributed by atoms with van der Waals surface area (Å²) in [6, 6.07) is 15.3. The zero-order valence-corrected chi connectivity index (χ0v) is 15.4. The van der Waals surface area contributed by atoms with E-state index in [2.05, 4.69) is 4.98 Å². The van der Waals surface area contributed by atoms with Crippen molar-refractivity contribution >= 4 is 23.1 Å². The number of fused-ring (bicyclic) bond motifs is 1. The molecule has 2 heterocycles. The summed E-state index contributed by atoms with van der Waals surface area (Å²) in [6.45, 7) is 0.389. The second-order valence-corrected chi connectivity index (χ2v) is 6.76. The number of pyridine rings is 1. The number of aryl methyl sites for hydroxylation is 1. The third-order valence-corrected chi connectivity index (χ3v) is 4.93. The lowest BCUT2D eigenvalue weighted by atomic mass is 10.00. The summed E-state index contributed by atoms with van der Waals surface area (Å²) in [7, 11) is 1.89. The van der Waals surface area contributed by atoms with Gasteiger partial charge in [0.1, 0.15) is 17.5 Å². The van der Waals surface area contributed by atoms with E-state index in [1.54, 1.807) is 12.1 Å². The molecule has 0 aliphatic carbocycles. The van der Waals surface area contributed by atoms with Crippen LogP contribution in [-0.4, -0.2) is 24.5 Å². The second kappa shape index (κ2) is 7.38. The normalized spacial score (nSPS) is 13.2. The van der Waals surface area contributed by atoms with E-state index in [1.807, 2.05) is 42.3 Å². The van der Waals surface area contributed by atoms with Crippen molar-refractivity contribution in [2.45, 2.75) is 12.8 Å². The zero-order valence-electron chi connectivity index (χ0n) is 15.4. The minimum atomic E-state index is -0.712. The molecule has 0 spiro atoms. The number of hydrogen-bond acceptors (Lipinski definition) is 3. The van der Waals surface area contributed by atoms with E-state index in [0.717, 1.165) is 11.8 Å². The van der Waals surface area contributed by atoms with E-state index < -0.39 is 11.6 Å². The van der Waals surface area contributed by atoms with E-state index >= 15 is 0 Å². The van der Waals surface area contributed by atoms with Crippen molar-refractivity contribution in [3.63, 3.8) is 0 Å². The standard InChI is InChI=1S/C22H19F2N3O/c1-26(18-7-3-2-4-8-18)20-10-9-16(14-25-20)22(28)27-11-5-6-15-12-17(23)13-19(24)21(15)27/h2-4,7-10,12-14H,5-6,11H2,1H3. The van der Waals surface area contributed by atoms with Gasteiger partial charge in [-0.1, -0.05) is 18.2 Å². The molecule has 28 heavy (non-hydrogen) atoms. The van der Waals surface area contributed by atoms with Gasteiger partial charge < -0.3 is 9.80 Å². The van der Waals surface area contributed by atoms with Gasteiger partial charge in [-0.3, -0.25) is 4.79 Å². The first-order valence-electron chi connectivity index (χ1n) is 9.09. The predicted octanol–water partition coefficient (Wildman–Crippen LogP) is 4.72. The molecule has 0 radical (unpaired) electrons. The Morgan fingerprint density at radius 3 is 2.61 bits per heavy atom. The highest BCUT2D eigenvalue weighted by molar-refractivity contribution is 6.06. The van der Waals surface area contributed by atoms with Crippen molar-refractivity contribution in [3.05, 3.63) is 83.6 Å². The van der Waals surface area contributed by atoms with Gasteiger partial charge in [-0.2, -0.15) is 0 Å². The van der Waals surface area contributed by atoms with Crippen LogP contribution in [0.15, 0.2) is 60.8 Å². The van der Waals surface area contributed by atoms with Crippen LogP contribution in [0, 0.1) is 11.6 Å². The van der Waals surface area contributed by atoms with Crippen LogP contribution in [-0.2, 0) is 6.42 Å². The number of benzene rings is 2. The molecule has 4 nitrogen and oxygen atoms in total. The minimum Gasteiger partial charge on any atom is -0.329 e. The predicted molar refractivity (Wildman–Crippen MR) is 105 cm³/mol. The van der Waals surface area contributed by atoms with Crippen molar-refractivity contribution in [2.24, 2.45) is 0 Å². The average molecular weight is 379 g/mol. The lowest BCUT2D eigenvalue weighted by Gasteiger charge is -2.30. The number of halogens is 2. The number of rotatable bonds is 3. The molecule has 1 amide bonds. The number of nitrogens with zero attached hydrogens (tertiary/aromatic N) is 3. The van der Waals surface area contributed by atoms with Crippen LogP contribution in [0.4, 0.5) is 26.0 Å². The fraction of sp³-hybridized carbons (Fsp3) is 0.182. The quantitative estimate of drug-likeness (QED) is 0.661. The van der Waals surface area contributed by atoms with Crippen molar-refractivity contribution in [1.29, 1.82) is 0 Å². The lowest BCUT2D eigenvalue weighted by molar-refractivity contribution is 0.0983. The topological polar surface area (TPSA) is 36.4 Å². The van der Waals surface area contributed by atoms with Crippen molar-refractivity contribution < 1.29 is 13.6 Å². The van der Waals surface area contributed by atoms with Gasteiger partial charge >= 0.3 is 0 Å². The molecule has 0 N–H and O–H groups in total. The van der Waals surface area contributed by atoms with Gasteiger partial charge in [-0.15, -0.1) is 0 Å². The number of aromatic nitrogens is 1. The highest BCUT2D eigenvalue weighted by Gasteiger charge is 2.27. The molecular formula is C22H19F2N3O. The van der Waals surface area contributed by atoms with Gasteiger partial charge in [-0.05, 0) is 48.7 Å².